The summed E-state index contributed by atoms with van der Waals surface area (Å²) >= 11 is 13.2. The molecule has 2 heterocycles. The van der Waals surface area contributed by atoms with Crippen molar-refractivity contribution >= 4 is 51.6 Å². The van der Waals surface area contributed by atoms with Gasteiger partial charge in [-0.05, 0) is 61.8 Å². The van der Waals surface area contributed by atoms with E-state index in [4.69, 9.17) is 32.7 Å². The Morgan fingerprint density at radius 3 is 2.55 bits per heavy atom. The van der Waals surface area contributed by atoms with E-state index >= 15 is 0 Å². The van der Waals surface area contributed by atoms with Gasteiger partial charge in [-0.1, -0.05) is 48.3 Å². The topological polar surface area (TPSA) is 72.8 Å². The van der Waals surface area contributed by atoms with Gasteiger partial charge in [-0.3, -0.25) is 9.59 Å². The van der Waals surface area contributed by atoms with E-state index in [1.807, 2.05) is 40.8 Å². The van der Waals surface area contributed by atoms with Crippen LogP contribution < -0.4 is 5.32 Å². The van der Waals surface area contributed by atoms with Gasteiger partial charge in [0.15, 0.2) is 0 Å². The van der Waals surface area contributed by atoms with Crippen LogP contribution in [0.3, 0.4) is 0 Å². The largest absolute Gasteiger partial charge is 0.380 e. The molecule has 2 amide bonds. The number of aromatic nitrogens is 1. The molecule has 3 aromatic rings. The lowest BCUT2D eigenvalue weighted by molar-refractivity contribution is -0.133. The Morgan fingerprint density at radius 1 is 1.05 bits per heavy atom. The molecule has 214 valence electrons. The average molecular weight is 587 g/mol. The zero-order valence-corrected chi connectivity index (χ0v) is 24.8. The van der Waals surface area contributed by atoms with Crippen LogP contribution in [0, 0.1) is 5.92 Å². The number of para-hydroxylation sites is 1. The molecule has 1 saturated carbocycles. The van der Waals surface area contributed by atoms with E-state index in [0.717, 1.165) is 36.1 Å². The summed E-state index contributed by atoms with van der Waals surface area (Å²) in [6, 6.07) is 11.0. The van der Waals surface area contributed by atoms with Crippen molar-refractivity contribution in [3.8, 4) is 0 Å². The monoisotopic (exact) mass is 585 g/mol. The summed E-state index contributed by atoms with van der Waals surface area (Å²) in [5.74, 6) is 0.434. The van der Waals surface area contributed by atoms with Crippen molar-refractivity contribution in [3.63, 3.8) is 0 Å². The molecule has 2 aliphatic rings. The van der Waals surface area contributed by atoms with Crippen LogP contribution in [0.5, 0.6) is 0 Å². The lowest BCUT2D eigenvalue weighted by atomic mass is 9.89. The third kappa shape index (κ3) is 6.33. The molecule has 1 N–H and O–H groups in total. The number of likely N-dealkylation sites (tertiary alicyclic amines) is 1. The predicted octanol–water partition coefficient (Wildman–Crippen LogP) is 6.49. The smallest absolute Gasteiger partial charge is 0.257 e. The molecule has 7 nitrogen and oxygen atoms in total. The highest BCUT2D eigenvalue weighted by atomic mass is 35.5. The van der Waals surface area contributed by atoms with Crippen molar-refractivity contribution in [2.75, 3.05) is 25.6 Å². The number of rotatable bonds is 8. The number of ether oxygens (including phenoxy) is 2. The number of carbonyl (C=O) groups excluding carboxylic acids is 2. The number of halogens is 2. The van der Waals surface area contributed by atoms with E-state index in [1.165, 1.54) is 12.8 Å². The number of anilines is 1. The van der Waals surface area contributed by atoms with Gasteiger partial charge >= 0.3 is 0 Å². The fourth-order valence-corrected chi connectivity index (χ4v) is 6.41. The van der Waals surface area contributed by atoms with Crippen LogP contribution in [-0.4, -0.2) is 59.8 Å². The number of amides is 2. The normalized spacial score (nSPS) is 23.1. The highest BCUT2D eigenvalue weighted by Crippen LogP contribution is 2.32. The first-order valence-corrected chi connectivity index (χ1v) is 14.8. The number of methoxy groups -OCH3 is 1. The first kappa shape index (κ1) is 28.9. The summed E-state index contributed by atoms with van der Waals surface area (Å²) in [6.45, 7) is 3.33. The number of nitrogens with zero attached hydrogens (tertiary/aromatic N) is 2. The van der Waals surface area contributed by atoms with Crippen molar-refractivity contribution in [1.29, 1.82) is 0 Å². The third-order valence-electron chi connectivity index (χ3n) is 8.38. The zero-order valence-electron chi connectivity index (χ0n) is 23.3. The SMILES string of the molecule is CO[C@H]1C[C@@H](COC2CCC(C)CC2)N(C(=O)Cc2cc(Cl)c(NC(=O)c3cn(C)c4ccccc34)cc2Cl)C1. The van der Waals surface area contributed by atoms with Crippen LogP contribution in [0.4, 0.5) is 5.69 Å². The zero-order chi connectivity index (χ0) is 28.4. The second-order valence-electron chi connectivity index (χ2n) is 11.2. The van der Waals surface area contributed by atoms with Crippen LogP contribution in [0.15, 0.2) is 42.6 Å². The van der Waals surface area contributed by atoms with Crippen molar-refractivity contribution in [2.45, 2.75) is 63.7 Å². The van der Waals surface area contributed by atoms with Crippen molar-refractivity contribution < 1.29 is 19.1 Å². The summed E-state index contributed by atoms with van der Waals surface area (Å²) in [5.41, 5.74) is 2.51. The Hall–Kier alpha value is -2.58. The maximum Gasteiger partial charge on any atom is 0.257 e. The van der Waals surface area contributed by atoms with Gasteiger partial charge < -0.3 is 24.3 Å². The number of hydrogen-bond acceptors (Lipinski definition) is 4. The fraction of sp³-hybridized carbons (Fsp3) is 0.484. The minimum absolute atomic E-state index is 0.0188. The standard InChI is InChI=1S/C31H37Cl2N3O4/c1-19-8-10-22(11-9-19)40-18-21-14-23(39-3)16-36(21)30(37)13-20-12-27(33)28(15-26(20)32)34-31(38)25-17-35(2)29-7-5-4-6-24(25)29/h4-7,12,15,17,19,21-23H,8-11,13-14,16,18H2,1-3H3,(H,34,38)/t19?,21-,22?,23-/m0/s1. The van der Waals surface area contributed by atoms with Gasteiger partial charge in [0.25, 0.3) is 5.91 Å². The molecule has 2 aromatic carbocycles. The second kappa shape index (κ2) is 12.5. The third-order valence-corrected chi connectivity index (χ3v) is 9.05. The first-order valence-electron chi connectivity index (χ1n) is 14.0. The molecule has 0 unspecified atom stereocenters. The van der Waals surface area contributed by atoms with Gasteiger partial charge in [0.2, 0.25) is 5.91 Å². The molecule has 2 atom stereocenters. The summed E-state index contributed by atoms with van der Waals surface area (Å²) < 4.78 is 13.8. The predicted molar refractivity (Wildman–Crippen MR) is 159 cm³/mol. The Kier molecular flexibility index (Phi) is 9.05. The van der Waals surface area contributed by atoms with Crippen LogP contribution >= 0.6 is 23.2 Å². The van der Waals surface area contributed by atoms with Gasteiger partial charge in [-0.25, -0.2) is 0 Å². The summed E-state index contributed by atoms with van der Waals surface area (Å²) in [6.07, 6.45) is 7.42. The fourth-order valence-electron chi connectivity index (χ4n) is 5.95. The molecule has 9 heteroatoms. The second-order valence-corrected chi connectivity index (χ2v) is 12.0. The molecule has 40 heavy (non-hydrogen) atoms. The molecule has 2 fully saturated rings. The summed E-state index contributed by atoms with van der Waals surface area (Å²) in [5, 5.41) is 4.43. The molecule has 1 aliphatic carbocycles. The van der Waals surface area contributed by atoms with E-state index in [-0.39, 0.29) is 36.5 Å². The number of hydrogen-bond donors (Lipinski definition) is 1. The van der Waals surface area contributed by atoms with Gasteiger partial charge in [0.05, 0.1) is 47.6 Å². The summed E-state index contributed by atoms with van der Waals surface area (Å²) in [4.78, 5) is 28.4. The van der Waals surface area contributed by atoms with E-state index in [2.05, 4.69) is 12.2 Å². The van der Waals surface area contributed by atoms with Gasteiger partial charge in [-0.15, -0.1) is 0 Å². The molecule has 0 bridgehead atoms. The van der Waals surface area contributed by atoms with E-state index in [1.54, 1.807) is 25.4 Å². The molecular formula is C31H37Cl2N3O4. The Bertz CT molecular complexity index is 1380. The molecule has 5 rings (SSSR count). The highest BCUT2D eigenvalue weighted by molar-refractivity contribution is 6.36. The van der Waals surface area contributed by atoms with Crippen LogP contribution in [-0.2, 0) is 27.7 Å². The van der Waals surface area contributed by atoms with Gasteiger partial charge in [0, 0.05) is 42.8 Å². The molecule has 1 aliphatic heterocycles. The number of fused-ring (bicyclic) bond motifs is 1. The lowest BCUT2D eigenvalue weighted by Crippen LogP contribution is -2.40. The maximum atomic E-state index is 13.5. The molecule has 0 radical (unpaired) electrons. The molecule has 1 aromatic heterocycles. The first-order chi connectivity index (χ1) is 19.2. The Morgan fingerprint density at radius 2 is 1.80 bits per heavy atom. The number of benzene rings is 2. The molecule has 0 spiro atoms. The minimum atomic E-state index is -0.281. The number of carbonyl (C=O) groups is 2. The maximum absolute atomic E-state index is 13.5. The quantitative estimate of drug-likeness (QED) is 0.328. The van der Waals surface area contributed by atoms with Gasteiger partial charge in [-0.2, -0.15) is 0 Å². The van der Waals surface area contributed by atoms with Crippen LogP contribution in [0.1, 0.15) is 54.9 Å². The van der Waals surface area contributed by atoms with E-state index in [9.17, 15) is 9.59 Å². The van der Waals surface area contributed by atoms with E-state index in [0.29, 0.717) is 40.0 Å². The Labute approximate surface area is 245 Å². The van der Waals surface area contributed by atoms with Gasteiger partial charge in [0.1, 0.15) is 0 Å². The van der Waals surface area contributed by atoms with Crippen molar-refractivity contribution in [2.24, 2.45) is 13.0 Å². The van der Waals surface area contributed by atoms with Crippen molar-refractivity contribution in [3.05, 3.63) is 63.8 Å². The molecule has 1 saturated heterocycles. The van der Waals surface area contributed by atoms with Crippen LogP contribution in [0.25, 0.3) is 10.9 Å². The molecular weight excluding hydrogens is 549 g/mol. The van der Waals surface area contributed by atoms with Crippen molar-refractivity contribution in [1.82, 2.24) is 9.47 Å². The Balaban J connectivity index is 1.25. The highest BCUT2D eigenvalue weighted by Gasteiger charge is 2.36. The summed E-state index contributed by atoms with van der Waals surface area (Å²) in [7, 11) is 3.58. The lowest BCUT2D eigenvalue weighted by Gasteiger charge is -2.30. The minimum Gasteiger partial charge on any atom is -0.380 e. The van der Waals surface area contributed by atoms with Crippen LogP contribution in [0.2, 0.25) is 10.0 Å². The number of nitrogens with one attached hydrogen (secondary N) is 1. The average Bonchev–Trinajstić information content (AvgIpc) is 3.52. The van der Waals surface area contributed by atoms with E-state index < -0.39 is 0 Å². The number of aryl methyl sites for hydroxylation is 1.